The van der Waals surface area contributed by atoms with Gasteiger partial charge in [0.05, 0.1) is 0 Å². The standard InChI is InChI=1S/C12H16.H2O2/c1-10-6-2-5-9-12(10)11-7-3-4-8-11;1-2/h2,5-6,9,11H,3-4,7-8H2,1H3;1-2H. The molecule has 0 heterocycles. The second-order valence-electron chi connectivity index (χ2n) is 3.84. The third-order valence-electron chi connectivity index (χ3n) is 2.98. The summed E-state index contributed by atoms with van der Waals surface area (Å²) in [6.45, 7) is 2.23. The Kier molecular flexibility index (Phi) is 4.63. The molecule has 1 saturated carbocycles. The van der Waals surface area contributed by atoms with Crippen LogP contribution in [0.1, 0.15) is 42.7 Å². The minimum Gasteiger partial charge on any atom is -0.255 e. The van der Waals surface area contributed by atoms with Gasteiger partial charge in [-0.05, 0) is 36.8 Å². The summed E-state index contributed by atoms with van der Waals surface area (Å²) in [5, 5.41) is 12.0. The summed E-state index contributed by atoms with van der Waals surface area (Å²) in [4.78, 5) is 0. The van der Waals surface area contributed by atoms with Gasteiger partial charge in [0.1, 0.15) is 0 Å². The molecule has 0 radical (unpaired) electrons. The lowest BCUT2D eigenvalue weighted by Gasteiger charge is -2.11. The van der Waals surface area contributed by atoms with Crippen LogP contribution in [0.15, 0.2) is 24.3 Å². The normalized spacial score (nSPS) is 16.2. The van der Waals surface area contributed by atoms with E-state index in [1.807, 2.05) is 0 Å². The second-order valence-corrected chi connectivity index (χ2v) is 3.84. The van der Waals surface area contributed by atoms with Crippen molar-refractivity contribution < 1.29 is 10.5 Å². The first kappa shape index (κ1) is 11.2. The molecule has 78 valence electrons. The average molecular weight is 194 g/mol. The first-order valence-electron chi connectivity index (χ1n) is 5.13. The van der Waals surface area contributed by atoms with Crippen LogP contribution in [-0.4, -0.2) is 10.5 Å². The maximum absolute atomic E-state index is 6.00. The topological polar surface area (TPSA) is 40.5 Å². The monoisotopic (exact) mass is 194 g/mol. The van der Waals surface area contributed by atoms with E-state index in [9.17, 15) is 0 Å². The van der Waals surface area contributed by atoms with Crippen LogP contribution in [-0.2, 0) is 0 Å². The van der Waals surface area contributed by atoms with Crippen molar-refractivity contribution in [3.05, 3.63) is 35.4 Å². The quantitative estimate of drug-likeness (QED) is 0.529. The molecule has 0 bridgehead atoms. The summed E-state index contributed by atoms with van der Waals surface area (Å²) in [6.07, 6.45) is 5.67. The molecular formula is C12H18O2. The van der Waals surface area contributed by atoms with E-state index in [1.165, 1.54) is 31.2 Å². The number of rotatable bonds is 1. The van der Waals surface area contributed by atoms with Gasteiger partial charge < -0.3 is 0 Å². The van der Waals surface area contributed by atoms with E-state index < -0.39 is 0 Å². The van der Waals surface area contributed by atoms with Crippen LogP contribution in [0.5, 0.6) is 0 Å². The molecule has 0 spiro atoms. The van der Waals surface area contributed by atoms with Gasteiger partial charge in [-0.3, -0.25) is 10.5 Å². The highest BCUT2D eigenvalue weighted by Gasteiger charge is 2.17. The molecule has 1 fully saturated rings. The van der Waals surface area contributed by atoms with Crippen molar-refractivity contribution in [3.8, 4) is 0 Å². The van der Waals surface area contributed by atoms with Crippen molar-refractivity contribution in [1.82, 2.24) is 0 Å². The molecule has 1 aliphatic carbocycles. The fraction of sp³-hybridized carbons (Fsp3) is 0.500. The molecule has 1 aliphatic rings. The maximum atomic E-state index is 6.00. The van der Waals surface area contributed by atoms with Crippen LogP contribution in [0.2, 0.25) is 0 Å². The molecule has 0 atom stereocenters. The van der Waals surface area contributed by atoms with Gasteiger partial charge in [0.25, 0.3) is 0 Å². The number of hydrogen-bond acceptors (Lipinski definition) is 2. The summed E-state index contributed by atoms with van der Waals surface area (Å²) in [6, 6.07) is 8.83. The van der Waals surface area contributed by atoms with Crippen molar-refractivity contribution >= 4 is 0 Å². The van der Waals surface area contributed by atoms with Gasteiger partial charge in [-0.15, -0.1) is 0 Å². The second kappa shape index (κ2) is 5.78. The van der Waals surface area contributed by atoms with E-state index in [1.54, 1.807) is 5.56 Å². The average Bonchev–Trinajstić information content (AvgIpc) is 2.75. The summed E-state index contributed by atoms with van der Waals surface area (Å²) in [5.41, 5.74) is 3.07. The van der Waals surface area contributed by atoms with E-state index >= 15 is 0 Å². The summed E-state index contributed by atoms with van der Waals surface area (Å²) in [5.74, 6) is 0.867. The van der Waals surface area contributed by atoms with Gasteiger partial charge in [0, 0.05) is 0 Å². The first-order valence-corrected chi connectivity index (χ1v) is 5.13. The van der Waals surface area contributed by atoms with Crippen molar-refractivity contribution in [2.45, 2.75) is 38.5 Å². The molecule has 2 rings (SSSR count). The Bertz CT molecular complexity index is 265. The molecular weight excluding hydrogens is 176 g/mol. The van der Waals surface area contributed by atoms with Crippen molar-refractivity contribution in [1.29, 1.82) is 0 Å². The molecule has 0 aliphatic heterocycles. The zero-order chi connectivity index (χ0) is 10.4. The molecule has 0 unspecified atom stereocenters. The van der Waals surface area contributed by atoms with Gasteiger partial charge in [-0.2, -0.15) is 0 Å². The third kappa shape index (κ3) is 2.56. The number of aryl methyl sites for hydroxylation is 1. The van der Waals surface area contributed by atoms with Crippen LogP contribution in [0, 0.1) is 6.92 Å². The Morgan fingerprint density at radius 2 is 1.64 bits per heavy atom. The molecule has 2 N–H and O–H groups in total. The molecule has 0 saturated heterocycles. The van der Waals surface area contributed by atoms with Gasteiger partial charge in [-0.1, -0.05) is 37.1 Å². The van der Waals surface area contributed by atoms with Crippen LogP contribution in [0.4, 0.5) is 0 Å². The van der Waals surface area contributed by atoms with Crippen molar-refractivity contribution in [2.75, 3.05) is 0 Å². The molecule has 2 nitrogen and oxygen atoms in total. The van der Waals surface area contributed by atoms with Crippen molar-refractivity contribution in [2.24, 2.45) is 0 Å². The maximum Gasteiger partial charge on any atom is -0.0159 e. The largest absolute Gasteiger partial charge is 0.255 e. The first-order chi connectivity index (χ1) is 6.88. The summed E-state index contributed by atoms with van der Waals surface area (Å²) < 4.78 is 0. The lowest BCUT2D eigenvalue weighted by molar-refractivity contribution is -0.176. The Morgan fingerprint density at radius 1 is 1.07 bits per heavy atom. The molecule has 0 amide bonds. The molecule has 1 aromatic carbocycles. The Balaban J connectivity index is 0.000000461. The highest BCUT2D eigenvalue weighted by Crippen LogP contribution is 2.35. The lowest BCUT2D eigenvalue weighted by Crippen LogP contribution is -1.94. The number of benzene rings is 1. The Hall–Kier alpha value is -0.860. The summed E-state index contributed by atoms with van der Waals surface area (Å²) >= 11 is 0. The SMILES string of the molecule is Cc1ccccc1C1CCCC1.OO. The van der Waals surface area contributed by atoms with Crippen LogP contribution < -0.4 is 0 Å². The minimum atomic E-state index is 0.867. The predicted molar refractivity (Wildman–Crippen MR) is 57.6 cm³/mol. The predicted octanol–water partition coefficient (Wildman–Crippen LogP) is 3.67. The highest BCUT2D eigenvalue weighted by molar-refractivity contribution is 5.29. The fourth-order valence-electron chi connectivity index (χ4n) is 2.28. The van der Waals surface area contributed by atoms with Gasteiger partial charge >= 0.3 is 0 Å². The zero-order valence-corrected chi connectivity index (χ0v) is 8.61. The van der Waals surface area contributed by atoms with E-state index in [2.05, 4.69) is 31.2 Å². The van der Waals surface area contributed by atoms with Crippen molar-refractivity contribution in [3.63, 3.8) is 0 Å². The molecule has 1 aromatic rings. The number of hydrogen-bond donors (Lipinski definition) is 2. The zero-order valence-electron chi connectivity index (χ0n) is 8.61. The fourth-order valence-corrected chi connectivity index (χ4v) is 2.28. The third-order valence-corrected chi connectivity index (χ3v) is 2.98. The summed E-state index contributed by atoms with van der Waals surface area (Å²) in [7, 11) is 0. The smallest absolute Gasteiger partial charge is 0.0159 e. The van der Waals surface area contributed by atoms with Gasteiger partial charge in [-0.25, -0.2) is 0 Å². The van der Waals surface area contributed by atoms with Gasteiger partial charge in [0.15, 0.2) is 0 Å². The van der Waals surface area contributed by atoms with E-state index in [0.717, 1.165) is 5.92 Å². The molecule has 0 aromatic heterocycles. The van der Waals surface area contributed by atoms with E-state index in [0.29, 0.717) is 0 Å². The van der Waals surface area contributed by atoms with Crippen LogP contribution in [0.3, 0.4) is 0 Å². The minimum absolute atomic E-state index is 0.867. The van der Waals surface area contributed by atoms with Crippen LogP contribution in [0.25, 0.3) is 0 Å². The van der Waals surface area contributed by atoms with Gasteiger partial charge in [0.2, 0.25) is 0 Å². The highest BCUT2D eigenvalue weighted by atomic mass is 17.0. The Morgan fingerprint density at radius 3 is 2.21 bits per heavy atom. The van der Waals surface area contributed by atoms with Crippen LogP contribution >= 0.6 is 0 Å². The van der Waals surface area contributed by atoms with E-state index in [4.69, 9.17) is 10.5 Å². The lowest BCUT2D eigenvalue weighted by atomic mass is 9.94. The molecule has 14 heavy (non-hydrogen) atoms. The molecule has 2 heteroatoms. The van der Waals surface area contributed by atoms with E-state index in [-0.39, 0.29) is 0 Å². The Labute approximate surface area is 85.1 Å².